The maximum atomic E-state index is 14.1. The number of para-hydroxylation sites is 1. The number of aliphatic hydroxyl groups excluding tert-OH is 1. The molecule has 0 bridgehead atoms. The van der Waals surface area contributed by atoms with Crippen LogP contribution >= 0.6 is 0 Å². The van der Waals surface area contributed by atoms with Gasteiger partial charge < -0.3 is 39.9 Å². The molecule has 4 aromatic rings. The lowest BCUT2D eigenvalue weighted by Gasteiger charge is -2.47. The number of hydrogen-bond acceptors (Lipinski definition) is 14. The molecule has 3 fully saturated rings. The van der Waals surface area contributed by atoms with Crippen molar-refractivity contribution in [2.75, 3.05) is 75.7 Å². The number of anilines is 2. The minimum Gasteiger partial charge on any atom is -0.507 e. The lowest BCUT2D eigenvalue weighted by Crippen LogP contribution is -2.58. The van der Waals surface area contributed by atoms with Gasteiger partial charge in [-0.3, -0.25) is 19.4 Å². The van der Waals surface area contributed by atoms with E-state index in [0.717, 1.165) is 82.3 Å². The van der Waals surface area contributed by atoms with Crippen LogP contribution in [0.15, 0.2) is 65.2 Å². The molecular weight excluding hydrogens is 777 g/mol. The second kappa shape index (κ2) is 18.5. The smallest absolute Gasteiger partial charge is 0.254 e. The number of carbonyl (C=O) groups excluding carboxylic acids is 2. The van der Waals surface area contributed by atoms with Gasteiger partial charge in [-0.2, -0.15) is 5.26 Å². The van der Waals surface area contributed by atoms with Crippen LogP contribution in [0.1, 0.15) is 68.9 Å². The largest absolute Gasteiger partial charge is 0.507 e. The number of benzene rings is 2. The molecule has 5 atom stereocenters. The molecule has 0 aliphatic carbocycles. The van der Waals surface area contributed by atoms with Crippen LogP contribution in [0.4, 0.5) is 11.5 Å². The van der Waals surface area contributed by atoms with Crippen molar-refractivity contribution in [3.63, 3.8) is 0 Å². The standard InChI is InChI=1S/C45H56N10O6/c1-28(2)42(45(59)55-27-34(56)20-38(55)44(58)48-29(3)32-10-8-30(23-46)9-11-32)40-22-41(51-61-40)60-19-18-52-14-12-31(13-15-52)25-53-16-17-54-33(26-53)24-47-43-37(54)21-36(49-50-43)35-6-4-5-7-39(35)57/h4-11,21-22,28-29,31,33-34,38,42,56-57H,12-20,24-27H2,1-3H3,(H,47,50)(H,48,58)/t29-,33-,34?,38?,42+/m0/s1. The summed E-state index contributed by atoms with van der Waals surface area (Å²) in [5, 5.41) is 49.6. The molecular formula is C45H56N10O6. The Bertz CT molecular complexity index is 2200. The Balaban J connectivity index is 0.784. The number of hydrogen-bond donors (Lipinski definition) is 4. The predicted octanol–water partition coefficient (Wildman–Crippen LogP) is 3.99. The van der Waals surface area contributed by atoms with E-state index >= 15 is 0 Å². The topological polar surface area (TPSA) is 196 Å². The van der Waals surface area contributed by atoms with Gasteiger partial charge in [-0.25, -0.2) is 0 Å². The van der Waals surface area contributed by atoms with E-state index in [9.17, 15) is 19.8 Å². The number of likely N-dealkylation sites (tertiary alicyclic amines) is 2. The van der Waals surface area contributed by atoms with Crippen molar-refractivity contribution in [1.82, 2.24) is 35.4 Å². The first-order valence-electron chi connectivity index (χ1n) is 21.5. The number of nitriles is 1. The molecule has 0 spiro atoms. The highest BCUT2D eigenvalue weighted by Gasteiger charge is 2.44. The quantitative estimate of drug-likeness (QED) is 0.151. The Labute approximate surface area is 356 Å². The zero-order chi connectivity index (χ0) is 42.6. The Morgan fingerprint density at radius 1 is 1.02 bits per heavy atom. The molecule has 2 aromatic heterocycles. The van der Waals surface area contributed by atoms with Gasteiger partial charge in [0.1, 0.15) is 24.3 Å². The number of carbonyl (C=O) groups is 2. The first kappa shape index (κ1) is 42.0. The average Bonchev–Trinajstić information content (AvgIpc) is 3.90. The van der Waals surface area contributed by atoms with E-state index in [0.29, 0.717) is 47.0 Å². The van der Waals surface area contributed by atoms with Gasteiger partial charge in [0.05, 0.1) is 41.2 Å². The summed E-state index contributed by atoms with van der Waals surface area (Å²) in [6.07, 6.45) is 1.55. The van der Waals surface area contributed by atoms with E-state index in [1.807, 2.05) is 39.0 Å². The zero-order valence-corrected chi connectivity index (χ0v) is 35.1. The van der Waals surface area contributed by atoms with Gasteiger partial charge in [-0.05, 0) is 85.7 Å². The van der Waals surface area contributed by atoms with E-state index in [1.165, 1.54) is 4.90 Å². The average molecular weight is 833 g/mol. The van der Waals surface area contributed by atoms with Crippen molar-refractivity contribution in [2.24, 2.45) is 11.8 Å². The number of rotatable bonds is 13. The Morgan fingerprint density at radius 2 is 1.80 bits per heavy atom. The number of amides is 2. The monoisotopic (exact) mass is 832 g/mol. The molecule has 4 aliphatic rings. The number of nitrogens with one attached hydrogen (secondary N) is 2. The molecule has 16 heteroatoms. The Kier molecular flexibility index (Phi) is 12.7. The third kappa shape index (κ3) is 9.44. The lowest BCUT2D eigenvalue weighted by atomic mass is 9.91. The van der Waals surface area contributed by atoms with Gasteiger partial charge in [0.2, 0.25) is 11.8 Å². The Hall–Kier alpha value is -5.76. The van der Waals surface area contributed by atoms with Gasteiger partial charge in [-0.15, -0.1) is 10.2 Å². The van der Waals surface area contributed by atoms with E-state index in [2.05, 4.69) is 46.8 Å². The number of β-amino-alcohol motifs (C(OH)–C–C–N with tert-alkyl or cyclic N) is 1. The highest BCUT2D eigenvalue weighted by atomic mass is 16.5. The van der Waals surface area contributed by atoms with Crippen molar-refractivity contribution in [1.29, 1.82) is 5.26 Å². The van der Waals surface area contributed by atoms with Gasteiger partial charge in [0, 0.05) is 63.9 Å². The summed E-state index contributed by atoms with van der Waals surface area (Å²) >= 11 is 0. The lowest BCUT2D eigenvalue weighted by molar-refractivity contribution is -0.141. The fourth-order valence-corrected chi connectivity index (χ4v) is 9.32. The fourth-order valence-electron chi connectivity index (χ4n) is 9.32. The summed E-state index contributed by atoms with van der Waals surface area (Å²) < 4.78 is 11.7. The first-order valence-corrected chi connectivity index (χ1v) is 21.5. The summed E-state index contributed by atoms with van der Waals surface area (Å²) in [6.45, 7) is 13.7. The zero-order valence-electron chi connectivity index (χ0n) is 35.1. The van der Waals surface area contributed by atoms with Crippen molar-refractivity contribution in [3.05, 3.63) is 77.6 Å². The molecule has 0 saturated carbocycles. The minimum absolute atomic E-state index is 0.0445. The second-order valence-corrected chi connectivity index (χ2v) is 17.3. The van der Waals surface area contributed by atoms with E-state index < -0.39 is 18.1 Å². The summed E-state index contributed by atoms with van der Waals surface area (Å²) in [5.41, 5.74) is 3.75. The molecule has 16 nitrogen and oxygen atoms in total. The summed E-state index contributed by atoms with van der Waals surface area (Å²) in [4.78, 5) is 36.5. The van der Waals surface area contributed by atoms with Crippen molar-refractivity contribution >= 4 is 23.3 Å². The van der Waals surface area contributed by atoms with Crippen LogP contribution < -0.4 is 20.3 Å². The Morgan fingerprint density at radius 3 is 2.56 bits per heavy atom. The molecule has 61 heavy (non-hydrogen) atoms. The minimum atomic E-state index is -0.840. The van der Waals surface area contributed by atoms with Crippen molar-refractivity contribution < 1.29 is 29.1 Å². The SMILES string of the molecule is CC(C)[C@@H](C(=O)N1CC(O)CC1C(=O)N[C@@H](C)c1ccc(C#N)cc1)c1cc(OCCN2CCC(CN3CCN4c5cc(-c6ccccc6O)nnc5NC[C@H]4C3)CC2)no1. The van der Waals surface area contributed by atoms with E-state index in [1.54, 1.807) is 42.5 Å². The number of phenols is 1. The predicted molar refractivity (Wildman–Crippen MR) is 228 cm³/mol. The molecule has 0 radical (unpaired) electrons. The van der Waals surface area contributed by atoms with Crippen molar-refractivity contribution in [2.45, 2.75) is 70.2 Å². The number of aromatic hydroxyl groups is 1. The molecule has 4 aliphatic heterocycles. The molecule has 8 rings (SSSR count). The third-order valence-corrected chi connectivity index (χ3v) is 12.7. The molecule has 2 amide bonds. The molecule has 2 unspecified atom stereocenters. The molecule has 322 valence electrons. The normalized spacial score (nSPS) is 21.9. The number of nitrogens with zero attached hydrogens (tertiary/aromatic N) is 8. The number of aromatic nitrogens is 3. The third-order valence-electron chi connectivity index (χ3n) is 12.7. The number of piperazine rings is 1. The van der Waals surface area contributed by atoms with Crippen LogP contribution in [0.3, 0.4) is 0 Å². The summed E-state index contributed by atoms with van der Waals surface area (Å²) in [5.74, 6) is 0.754. The number of piperidine rings is 1. The van der Waals surface area contributed by atoms with Crippen LogP contribution in [-0.4, -0.2) is 136 Å². The van der Waals surface area contributed by atoms with Crippen molar-refractivity contribution in [3.8, 4) is 29.0 Å². The van der Waals surface area contributed by atoms with Gasteiger partial charge in [-0.1, -0.05) is 38.1 Å². The number of fused-ring (bicyclic) bond motifs is 3. The van der Waals surface area contributed by atoms with Gasteiger partial charge in [0.25, 0.3) is 5.88 Å². The highest BCUT2D eigenvalue weighted by Crippen LogP contribution is 2.37. The molecule has 2 aromatic carbocycles. The maximum absolute atomic E-state index is 14.1. The number of ether oxygens (including phenoxy) is 1. The molecule has 4 N–H and O–H groups in total. The van der Waals surface area contributed by atoms with E-state index in [-0.39, 0.29) is 42.5 Å². The van der Waals surface area contributed by atoms with E-state index in [4.69, 9.17) is 14.5 Å². The van der Waals surface area contributed by atoms with Gasteiger partial charge >= 0.3 is 0 Å². The summed E-state index contributed by atoms with van der Waals surface area (Å²) in [6, 6.07) is 19.2. The first-order chi connectivity index (χ1) is 29.5. The molecule has 3 saturated heterocycles. The van der Waals surface area contributed by atoms with Crippen LogP contribution in [0.5, 0.6) is 11.6 Å². The second-order valence-electron chi connectivity index (χ2n) is 17.3. The number of aliphatic hydroxyl groups is 1. The van der Waals surface area contributed by atoms with Crippen LogP contribution in [0.25, 0.3) is 11.3 Å². The van der Waals surface area contributed by atoms with Gasteiger partial charge in [0.15, 0.2) is 11.6 Å². The summed E-state index contributed by atoms with van der Waals surface area (Å²) in [7, 11) is 0. The number of phenolic OH excluding ortho intramolecular Hbond substituents is 1. The molecule has 6 heterocycles. The fraction of sp³-hybridized carbons (Fsp3) is 0.511. The van der Waals surface area contributed by atoms with Crippen LogP contribution in [0, 0.1) is 23.2 Å². The van der Waals surface area contributed by atoms with Crippen LogP contribution in [0.2, 0.25) is 0 Å². The maximum Gasteiger partial charge on any atom is 0.254 e. The highest BCUT2D eigenvalue weighted by molar-refractivity contribution is 5.91. The van der Waals surface area contributed by atoms with Crippen LogP contribution in [-0.2, 0) is 9.59 Å².